The molecule has 1 N–H and O–H groups in total. The fourth-order valence-corrected chi connectivity index (χ4v) is 4.41. The molecule has 162 valence electrons. The number of carbonyl (C=O) groups is 2. The van der Waals surface area contributed by atoms with Crippen molar-refractivity contribution in [2.45, 2.75) is 45.8 Å². The number of rotatable bonds is 6. The van der Waals surface area contributed by atoms with E-state index >= 15 is 0 Å². The lowest BCUT2D eigenvalue weighted by Crippen LogP contribution is -2.63. The van der Waals surface area contributed by atoms with E-state index in [4.69, 9.17) is 11.6 Å². The Kier molecular flexibility index (Phi) is 5.80. The summed E-state index contributed by atoms with van der Waals surface area (Å²) in [5.41, 5.74) is 1.34. The molecule has 0 bridgehead atoms. The largest absolute Gasteiger partial charge is 0.354 e. The summed E-state index contributed by atoms with van der Waals surface area (Å²) >= 11 is 6.40. The van der Waals surface area contributed by atoms with Gasteiger partial charge in [0, 0.05) is 29.0 Å². The van der Waals surface area contributed by atoms with E-state index in [2.05, 4.69) is 19.2 Å². The van der Waals surface area contributed by atoms with Crippen LogP contribution in [0, 0.1) is 5.92 Å². The van der Waals surface area contributed by atoms with Crippen molar-refractivity contribution in [3.05, 3.63) is 70.9 Å². The number of aromatic nitrogens is 1. The van der Waals surface area contributed by atoms with E-state index in [-0.39, 0.29) is 18.4 Å². The predicted octanol–water partition coefficient (Wildman–Crippen LogP) is 4.87. The maximum Gasteiger partial charge on any atom is 0.271 e. The molecule has 1 aliphatic heterocycles. The summed E-state index contributed by atoms with van der Waals surface area (Å²) < 4.78 is 1.97. The first-order valence-electron chi connectivity index (χ1n) is 10.7. The lowest BCUT2D eigenvalue weighted by atomic mass is 9.93. The van der Waals surface area contributed by atoms with Crippen LogP contribution < -0.4 is 5.32 Å². The number of halogens is 1. The summed E-state index contributed by atoms with van der Waals surface area (Å²) in [6.07, 6.45) is 0.887. The van der Waals surface area contributed by atoms with Crippen LogP contribution in [0.15, 0.2) is 54.6 Å². The number of nitrogens with one attached hydrogen (secondary N) is 1. The first-order chi connectivity index (χ1) is 14.8. The molecule has 1 aromatic heterocycles. The van der Waals surface area contributed by atoms with Crippen LogP contribution in [0.3, 0.4) is 0 Å². The maximum atomic E-state index is 13.7. The molecule has 2 aromatic carbocycles. The van der Waals surface area contributed by atoms with E-state index in [0.29, 0.717) is 29.7 Å². The van der Waals surface area contributed by atoms with Gasteiger partial charge in [-0.2, -0.15) is 0 Å². The lowest BCUT2D eigenvalue weighted by Gasteiger charge is -2.44. The molecule has 5 nitrogen and oxygen atoms in total. The molecular formula is C25H28ClN3O2. The Hall–Kier alpha value is -2.79. The molecule has 0 spiro atoms. The third-order valence-corrected chi connectivity index (χ3v) is 6.49. The van der Waals surface area contributed by atoms with Gasteiger partial charge in [0.15, 0.2) is 0 Å². The fourth-order valence-electron chi connectivity index (χ4n) is 4.22. The molecule has 1 atom stereocenters. The van der Waals surface area contributed by atoms with Crippen LogP contribution in [0.2, 0.25) is 5.02 Å². The van der Waals surface area contributed by atoms with Gasteiger partial charge < -0.3 is 14.8 Å². The van der Waals surface area contributed by atoms with Crippen LogP contribution in [-0.2, 0) is 17.9 Å². The van der Waals surface area contributed by atoms with Crippen molar-refractivity contribution >= 4 is 34.3 Å². The van der Waals surface area contributed by atoms with E-state index in [1.54, 1.807) is 4.90 Å². The Morgan fingerprint density at radius 3 is 2.61 bits per heavy atom. The fraction of sp³-hybridized carbons (Fsp3) is 0.360. The van der Waals surface area contributed by atoms with Crippen molar-refractivity contribution in [1.82, 2.24) is 14.8 Å². The lowest BCUT2D eigenvalue weighted by molar-refractivity contribution is -0.133. The number of fused-ring (bicyclic) bond motifs is 3. The molecule has 0 fully saturated rings. The van der Waals surface area contributed by atoms with Crippen molar-refractivity contribution in [2.75, 3.05) is 6.54 Å². The number of para-hydroxylation sites is 1. The van der Waals surface area contributed by atoms with E-state index in [1.165, 1.54) is 0 Å². The molecule has 0 radical (unpaired) electrons. The van der Waals surface area contributed by atoms with Gasteiger partial charge in [-0.3, -0.25) is 9.59 Å². The number of carbonyl (C=O) groups excluding carboxylic acids is 2. The minimum absolute atomic E-state index is 0.142. The Morgan fingerprint density at radius 1 is 1.16 bits per heavy atom. The SMILES string of the molecule is CC(C)CCNC(=O)[C@]1(C)Cn2c(cc3ccccc32)C(=O)N1Cc1ccccc1Cl. The zero-order valence-electron chi connectivity index (χ0n) is 18.2. The topological polar surface area (TPSA) is 54.3 Å². The Labute approximate surface area is 188 Å². The van der Waals surface area contributed by atoms with Gasteiger partial charge in [-0.05, 0) is 43.0 Å². The zero-order valence-corrected chi connectivity index (χ0v) is 18.9. The van der Waals surface area contributed by atoms with Crippen molar-refractivity contribution in [3.63, 3.8) is 0 Å². The van der Waals surface area contributed by atoms with E-state index in [9.17, 15) is 9.59 Å². The molecule has 4 rings (SSSR count). The molecule has 2 heterocycles. The van der Waals surface area contributed by atoms with Gasteiger partial charge in [0.2, 0.25) is 5.91 Å². The summed E-state index contributed by atoms with van der Waals surface area (Å²) in [6.45, 7) is 7.34. The molecule has 0 saturated heterocycles. The highest BCUT2D eigenvalue weighted by Crippen LogP contribution is 2.34. The highest BCUT2D eigenvalue weighted by Gasteiger charge is 2.47. The van der Waals surface area contributed by atoms with E-state index in [1.807, 2.05) is 66.1 Å². The van der Waals surface area contributed by atoms with Crippen molar-refractivity contribution in [2.24, 2.45) is 5.92 Å². The number of hydrogen-bond donors (Lipinski definition) is 1. The third kappa shape index (κ3) is 3.94. The number of hydrogen-bond acceptors (Lipinski definition) is 2. The van der Waals surface area contributed by atoms with Crippen LogP contribution in [0.1, 0.15) is 43.2 Å². The second-order valence-corrected chi connectivity index (χ2v) is 9.28. The Morgan fingerprint density at radius 2 is 1.87 bits per heavy atom. The molecule has 31 heavy (non-hydrogen) atoms. The highest BCUT2D eigenvalue weighted by molar-refractivity contribution is 6.31. The second kappa shape index (κ2) is 8.39. The average molecular weight is 438 g/mol. The first-order valence-corrected chi connectivity index (χ1v) is 11.1. The van der Waals surface area contributed by atoms with Gasteiger partial charge >= 0.3 is 0 Å². The minimum Gasteiger partial charge on any atom is -0.354 e. The normalized spacial score (nSPS) is 18.5. The summed E-state index contributed by atoms with van der Waals surface area (Å²) in [6, 6.07) is 17.3. The number of benzene rings is 2. The average Bonchev–Trinajstić information content (AvgIpc) is 3.10. The molecule has 2 amide bonds. The van der Waals surface area contributed by atoms with Gasteiger partial charge in [-0.25, -0.2) is 0 Å². The molecule has 0 aliphatic carbocycles. The Bertz CT molecular complexity index is 1140. The number of nitrogens with zero attached hydrogens (tertiary/aromatic N) is 2. The minimum atomic E-state index is -1.04. The van der Waals surface area contributed by atoms with Crippen molar-refractivity contribution < 1.29 is 9.59 Å². The maximum absolute atomic E-state index is 13.7. The van der Waals surface area contributed by atoms with Crippen molar-refractivity contribution in [1.29, 1.82) is 0 Å². The quantitative estimate of drug-likeness (QED) is 0.598. The third-order valence-electron chi connectivity index (χ3n) is 6.12. The Balaban J connectivity index is 1.76. The standard InChI is InChI=1S/C25H28ClN3O2/c1-17(2)12-13-27-24(31)25(3)16-28-21-11-7-5-8-18(21)14-22(28)23(30)29(25)15-19-9-4-6-10-20(19)26/h4-11,14,17H,12-13,15-16H2,1-3H3,(H,27,31)/t25-/m0/s1. The van der Waals surface area contributed by atoms with Crippen LogP contribution in [0.25, 0.3) is 10.9 Å². The molecule has 0 unspecified atom stereocenters. The van der Waals surface area contributed by atoms with Crippen molar-refractivity contribution in [3.8, 4) is 0 Å². The number of amides is 2. The molecule has 1 aliphatic rings. The summed E-state index contributed by atoms with van der Waals surface area (Å²) in [5, 5.41) is 4.65. The van der Waals surface area contributed by atoms with Crippen LogP contribution in [0.4, 0.5) is 0 Å². The van der Waals surface area contributed by atoms with Gasteiger partial charge in [0.1, 0.15) is 11.2 Å². The smallest absolute Gasteiger partial charge is 0.271 e. The predicted molar refractivity (Wildman–Crippen MR) is 124 cm³/mol. The van der Waals surface area contributed by atoms with Gasteiger partial charge in [-0.1, -0.05) is 61.8 Å². The monoisotopic (exact) mass is 437 g/mol. The molecular weight excluding hydrogens is 410 g/mol. The van der Waals surface area contributed by atoms with Crippen LogP contribution >= 0.6 is 11.6 Å². The summed E-state index contributed by atoms with van der Waals surface area (Å²) in [4.78, 5) is 28.8. The molecule has 0 saturated carbocycles. The highest BCUT2D eigenvalue weighted by atomic mass is 35.5. The summed E-state index contributed by atoms with van der Waals surface area (Å²) in [7, 11) is 0. The first kappa shape index (κ1) is 21.4. The van der Waals surface area contributed by atoms with Crippen LogP contribution in [-0.4, -0.2) is 33.4 Å². The molecule has 6 heteroatoms. The second-order valence-electron chi connectivity index (χ2n) is 8.87. The summed E-state index contributed by atoms with van der Waals surface area (Å²) in [5.74, 6) is 0.182. The van der Waals surface area contributed by atoms with E-state index < -0.39 is 5.54 Å². The molecule has 3 aromatic rings. The van der Waals surface area contributed by atoms with Crippen LogP contribution in [0.5, 0.6) is 0 Å². The van der Waals surface area contributed by atoms with Gasteiger partial charge in [0.25, 0.3) is 5.91 Å². The van der Waals surface area contributed by atoms with Gasteiger partial charge in [0.05, 0.1) is 6.54 Å². The van der Waals surface area contributed by atoms with Gasteiger partial charge in [-0.15, -0.1) is 0 Å². The zero-order chi connectivity index (χ0) is 22.2. The van der Waals surface area contributed by atoms with E-state index in [0.717, 1.165) is 22.9 Å².